The van der Waals surface area contributed by atoms with E-state index in [2.05, 4.69) is 0 Å². The van der Waals surface area contributed by atoms with E-state index in [4.69, 9.17) is 47.4 Å². The topological polar surface area (TPSA) is 497 Å². The normalized spacial score (nSPS) is 54.6. The standard InChI is InChI=1S/C35H60O30/c36-1-7-12(41)15(44)24(53)33(58-7)64-29-14(43)8(2-37)59-35(30(29)65-32-23(52)11(40)6(39)4-56-32)62-27-9(3-38)60-31(26(55)22(27)51)57-5-10-13(42)16(45)25(54)34(61-10)63-28-20(49)18(47)17(46)19(48)21(28)50/h6-55H,1-5H2/t6-,7-,8-,9-,10-,11+,12-,13-,14-,15+,16+,17?,18-,19+,20+,21-,22-,23-,24+,25+,26-,27+,28?,29+,30+,31-,32+,33-,34-,35-/m1/s1. The van der Waals surface area contributed by atoms with Crippen LogP contribution in [0.5, 0.6) is 0 Å². The number of aliphatic hydroxyl groups excluding tert-OH is 20. The summed E-state index contributed by atoms with van der Waals surface area (Å²) in [6.07, 6.45) is -58.5. The van der Waals surface area contributed by atoms with E-state index in [-0.39, 0.29) is 0 Å². The van der Waals surface area contributed by atoms with E-state index in [1.807, 2.05) is 0 Å². The highest BCUT2D eigenvalue weighted by Gasteiger charge is 2.57. The third kappa shape index (κ3) is 10.8. The minimum absolute atomic E-state index is 0.625. The quantitative estimate of drug-likeness (QED) is 0.0768. The number of aliphatic hydroxyl groups is 20. The third-order valence-corrected chi connectivity index (χ3v) is 12.3. The van der Waals surface area contributed by atoms with Crippen molar-refractivity contribution in [1.29, 1.82) is 0 Å². The molecule has 6 rings (SSSR count). The molecular weight excluding hydrogens is 900 g/mol. The average Bonchev–Trinajstić information content (AvgIpc) is 3.29. The van der Waals surface area contributed by atoms with Crippen LogP contribution in [0.2, 0.25) is 0 Å². The lowest BCUT2D eigenvalue weighted by Gasteiger charge is -2.50. The van der Waals surface area contributed by atoms with Crippen molar-refractivity contribution in [2.24, 2.45) is 0 Å². The third-order valence-electron chi connectivity index (χ3n) is 12.3. The molecule has 6 fully saturated rings. The van der Waals surface area contributed by atoms with Crippen molar-refractivity contribution < 1.29 is 149 Å². The van der Waals surface area contributed by atoms with Gasteiger partial charge in [-0.05, 0) is 0 Å². The van der Waals surface area contributed by atoms with Crippen molar-refractivity contribution in [2.75, 3.05) is 33.0 Å². The van der Waals surface area contributed by atoms with Crippen molar-refractivity contribution in [3.05, 3.63) is 0 Å². The van der Waals surface area contributed by atoms with Gasteiger partial charge in [-0.3, -0.25) is 0 Å². The van der Waals surface area contributed by atoms with Gasteiger partial charge in [0.2, 0.25) is 0 Å². The van der Waals surface area contributed by atoms with Gasteiger partial charge >= 0.3 is 0 Å². The summed E-state index contributed by atoms with van der Waals surface area (Å²) in [6, 6.07) is 0. The van der Waals surface area contributed by atoms with E-state index in [1.54, 1.807) is 0 Å². The maximum absolute atomic E-state index is 11.4. The number of ether oxygens (including phenoxy) is 10. The number of hydrogen-bond acceptors (Lipinski definition) is 30. The van der Waals surface area contributed by atoms with Crippen molar-refractivity contribution in [3.63, 3.8) is 0 Å². The molecule has 20 N–H and O–H groups in total. The Balaban J connectivity index is 1.19. The Morgan fingerprint density at radius 3 is 1.26 bits per heavy atom. The van der Waals surface area contributed by atoms with E-state index >= 15 is 0 Å². The first-order chi connectivity index (χ1) is 30.7. The molecule has 0 amide bonds. The Morgan fingerprint density at radius 1 is 0.308 bits per heavy atom. The Hall–Kier alpha value is -1.20. The molecule has 1 saturated carbocycles. The van der Waals surface area contributed by atoms with E-state index in [0.29, 0.717) is 0 Å². The first-order valence-corrected chi connectivity index (χ1v) is 20.5. The van der Waals surface area contributed by atoms with Gasteiger partial charge < -0.3 is 149 Å². The van der Waals surface area contributed by atoms with Crippen LogP contribution in [0.25, 0.3) is 0 Å². The van der Waals surface area contributed by atoms with Gasteiger partial charge in [0, 0.05) is 0 Å². The molecule has 2 unspecified atom stereocenters. The van der Waals surface area contributed by atoms with Gasteiger partial charge in [0.25, 0.3) is 0 Å². The lowest BCUT2D eigenvalue weighted by atomic mass is 9.84. The molecule has 0 bridgehead atoms. The second-order valence-electron chi connectivity index (χ2n) is 16.6. The van der Waals surface area contributed by atoms with Crippen molar-refractivity contribution in [3.8, 4) is 0 Å². The molecule has 0 radical (unpaired) electrons. The van der Waals surface area contributed by atoms with Crippen LogP contribution in [0.3, 0.4) is 0 Å². The zero-order valence-electron chi connectivity index (χ0n) is 33.9. The van der Waals surface area contributed by atoms with Crippen LogP contribution in [-0.2, 0) is 47.4 Å². The first-order valence-electron chi connectivity index (χ1n) is 20.5. The summed E-state index contributed by atoms with van der Waals surface area (Å²) in [5, 5.41) is 209. The van der Waals surface area contributed by atoms with Crippen LogP contribution < -0.4 is 0 Å². The zero-order chi connectivity index (χ0) is 47.9. The van der Waals surface area contributed by atoms with Crippen molar-refractivity contribution in [2.45, 2.75) is 184 Å². The second kappa shape index (κ2) is 22.3. The van der Waals surface area contributed by atoms with Gasteiger partial charge in [-0.15, -0.1) is 0 Å². The molecule has 0 aromatic heterocycles. The summed E-state index contributed by atoms with van der Waals surface area (Å²) in [4.78, 5) is 0. The molecule has 1 aliphatic carbocycles. The summed E-state index contributed by atoms with van der Waals surface area (Å²) < 4.78 is 56.1. The van der Waals surface area contributed by atoms with E-state index in [0.717, 1.165) is 0 Å². The molecule has 5 saturated heterocycles. The number of hydrogen-bond donors (Lipinski definition) is 20. The molecule has 30 nitrogen and oxygen atoms in total. The monoisotopic (exact) mass is 960 g/mol. The predicted octanol–water partition coefficient (Wildman–Crippen LogP) is -14.1. The van der Waals surface area contributed by atoms with Crippen molar-refractivity contribution in [1.82, 2.24) is 0 Å². The lowest BCUT2D eigenvalue weighted by molar-refractivity contribution is -0.402. The van der Waals surface area contributed by atoms with Crippen LogP contribution in [0, 0.1) is 0 Å². The lowest BCUT2D eigenvalue weighted by Crippen LogP contribution is -2.68. The fourth-order valence-corrected chi connectivity index (χ4v) is 8.22. The molecule has 30 heteroatoms. The van der Waals surface area contributed by atoms with Gasteiger partial charge in [0.1, 0.15) is 153 Å². The zero-order valence-corrected chi connectivity index (χ0v) is 33.9. The minimum Gasteiger partial charge on any atom is -0.394 e. The highest BCUT2D eigenvalue weighted by molar-refractivity contribution is 5.02. The second-order valence-corrected chi connectivity index (χ2v) is 16.6. The summed E-state index contributed by atoms with van der Waals surface area (Å²) in [5.74, 6) is 0. The SMILES string of the molecule is OC[C@H]1O[C@H](O[C@H]2[C@H](O)[C@@H](CO)O[C@H](O[C@@H]3[C@H](O)[C@@H](O)[C@H](OC[C@H]4O[C@H](OC5[C@@H](O)[C@H](O)C(O)[C@H](O)[C@H]5O)[C@@H](O)[C@@H](O)[C@@H]4O)O[C@@H]3CO)[C@H]2O[C@@H]2OC[C@@H](O)[C@H](O)[C@H]2O)[C@@H](O)[C@@H](O)[C@@H]1O. The Bertz CT molecular complexity index is 1450. The molecule has 5 aliphatic heterocycles. The molecule has 0 spiro atoms. The number of rotatable bonds is 14. The first kappa shape index (κ1) is 53.2. The fraction of sp³-hybridized carbons (Fsp3) is 1.00. The Labute approximate surface area is 366 Å². The molecule has 5 heterocycles. The van der Waals surface area contributed by atoms with Gasteiger partial charge in [-0.25, -0.2) is 0 Å². The van der Waals surface area contributed by atoms with Gasteiger partial charge in [-0.1, -0.05) is 0 Å². The van der Waals surface area contributed by atoms with Gasteiger partial charge in [-0.2, -0.15) is 0 Å². The summed E-state index contributed by atoms with van der Waals surface area (Å²) in [5.41, 5.74) is 0. The minimum atomic E-state index is -2.16. The Kier molecular flexibility index (Phi) is 18.2. The van der Waals surface area contributed by atoms with Gasteiger partial charge in [0.15, 0.2) is 31.5 Å². The van der Waals surface area contributed by atoms with Crippen LogP contribution in [0.1, 0.15) is 0 Å². The van der Waals surface area contributed by atoms with Crippen LogP contribution in [0.4, 0.5) is 0 Å². The summed E-state index contributed by atoms with van der Waals surface area (Å²) >= 11 is 0. The van der Waals surface area contributed by atoms with Crippen molar-refractivity contribution >= 4 is 0 Å². The molecule has 0 aromatic rings. The molecule has 380 valence electrons. The highest BCUT2D eigenvalue weighted by Crippen LogP contribution is 2.36. The van der Waals surface area contributed by atoms with E-state index in [1.165, 1.54) is 0 Å². The van der Waals surface area contributed by atoms with Crippen LogP contribution >= 0.6 is 0 Å². The maximum atomic E-state index is 11.4. The van der Waals surface area contributed by atoms with E-state index < -0.39 is 217 Å². The average molecular weight is 961 g/mol. The smallest absolute Gasteiger partial charge is 0.187 e. The fourth-order valence-electron chi connectivity index (χ4n) is 8.22. The Morgan fingerprint density at radius 2 is 0.692 bits per heavy atom. The summed E-state index contributed by atoms with van der Waals surface area (Å²) in [6.45, 7) is -4.46. The largest absolute Gasteiger partial charge is 0.394 e. The molecule has 65 heavy (non-hydrogen) atoms. The molecule has 0 aromatic carbocycles. The van der Waals surface area contributed by atoms with E-state index in [9.17, 15) is 102 Å². The molecule has 30 atom stereocenters. The highest BCUT2D eigenvalue weighted by atomic mass is 16.8. The summed E-state index contributed by atoms with van der Waals surface area (Å²) in [7, 11) is 0. The molecular formula is C35H60O30. The maximum Gasteiger partial charge on any atom is 0.187 e. The van der Waals surface area contributed by atoms with Gasteiger partial charge in [0.05, 0.1) is 33.0 Å². The van der Waals surface area contributed by atoms with Crippen LogP contribution in [-0.4, -0.2) is 319 Å². The predicted molar refractivity (Wildman–Crippen MR) is 193 cm³/mol. The van der Waals surface area contributed by atoms with Crippen LogP contribution in [0.15, 0.2) is 0 Å². The molecule has 6 aliphatic rings.